The second-order valence-electron chi connectivity index (χ2n) is 5.27. The average Bonchev–Trinajstić information content (AvgIpc) is 2.41. The zero-order valence-corrected chi connectivity index (χ0v) is 13.7. The molecule has 1 unspecified atom stereocenters. The highest BCUT2D eigenvalue weighted by atomic mass is 79.9. The van der Waals surface area contributed by atoms with Gasteiger partial charge in [0, 0.05) is 28.5 Å². The van der Waals surface area contributed by atoms with Gasteiger partial charge >= 0.3 is 0 Å². The van der Waals surface area contributed by atoms with Crippen LogP contribution in [0.25, 0.3) is 0 Å². The average molecular weight is 345 g/mol. The van der Waals surface area contributed by atoms with E-state index in [2.05, 4.69) is 15.9 Å². The lowest BCUT2D eigenvalue weighted by atomic mass is 9.93. The normalized spacial score (nSPS) is 18.4. The molecular weight excluding hydrogens is 326 g/mol. The number of benzene rings is 1. The summed E-state index contributed by atoms with van der Waals surface area (Å²) in [6.07, 6.45) is 2.01. The monoisotopic (exact) mass is 343 g/mol. The van der Waals surface area contributed by atoms with Crippen molar-refractivity contribution in [2.75, 3.05) is 13.1 Å². The predicted molar refractivity (Wildman–Crippen MR) is 82.8 cm³/mol. The number of amides is 1. The number of halogens is 2. The lowest BCUT2D eigenvalue weighted by Crippen LogP contribution is -2.40. The molecule has 1 saturated heterocycles. The van der Waals surface area contributed by atoms with E-state index in [9.17, 15) is 4.79 Å². The Morgan fingerprint density at radius 2 is 2.05 bits per heavy atom. The molecule has 1 aromatic carbocycles. The Labute approximate surface area is 128 Å². The number of likely N-dealkylation sites (tertiary alicyclic amines) is 1. The van der Waals surface area contributed by atoms with Crippen molar-refractivity contribution in [1.29, 1.82) is 0 Å². The number of aryl methyl sites for hydroxylation is 1. The number of nitrogens with zero attached hydrogens (tertiary/aromatic N) is 1. The standard InChI is InChI=1S/C15H19BrClNO/c1-10-3-4-13(16)9-14(10)15(19)18-7-5-12(6-8-18)11(2)17/h3-4,9,11-12H,5-8H2,1-2H3. The Balaban J connectivity index is 2.07. The molecule has 4 heteroatoms. The van der Waals surface area contributed by atoms with E-state index in [-0.39, 0.29) is 11.3 Å². The highest BCUT2D eigenvalue weighted by Crippen LogP contribution is 2.26. The van der Waals surface area contributed by atoms with Crippen LogP contribution in [-0.4, -0.2) is 29.3 Å². The summed E-state index contributed by atoms with van der Waals surface area (Å²) in [5, 5.41) is 0.199. The zero-order chi connectivity index (χ0) is 14.0. The molecule has 2 rings (SSSR count). The van der Waals surface area contributed by atoms with E-state index >= 15 is 0 Å². The van der Waals surface area contributed by atoms with Gasteiger partial charge in [-0.05, 0) is 50.3 Å². The smallest absolute Gasteiger partial charge is 0.254 e. The molecule has 1 aliphatic rings. The third-order valence-electron chi connectivity index (χ3n) is 3.91. The third-order valence-corrected chi connectivity index (χ3v) is 4.76. The molecule has 1 amide bonds. The molecule has 0 aromatic heterocycles. The molecule has 0 bridgehead atoms. The van der Waals surface area contributed by atoms with Gasteiger partial charge in [-0.1, -0.05) is 22.0 Å². The molecule has 1 fully saturated rings. The Morgan fingerprint density at radius 3 is 2.63 bits per heavy atom. The molecule has 0 aliphatic carbocycles. The summed E-state index contributed by atoms with van der Waals surface area (Å²) < 4.78 is 0.950. The summed E-state index contributed by atoms with van der Waals surface area (Å²) in [6, 6.07) is 5.85. The van der Waals surface area contributed by atoms with Crippen molar-refractivity contribution in [2.24, 2.45) is 5.92 Å². The Hall–Kier alpha value is -0.540. The van der Waals surface area contributed by atoms with Crippen LogP contribution in [0, 0.1) is 12.8 Å². The Bertz CT molecular complexity index is 467. The number of carbonyl (C=O) groups is 1. The van der Waals surface area contributed by atoms with Gasteiger partial charge in [-0.3, -0.25) is 4.79 Å². The first-order valence-electron chi connectivity index (χ1n) is 6.68. The van der Waals surface area contributed by atoms with Gasteiger partial charge in [-0.15, -0.1) is 11.6 Å². The number of carbonyl (C=O) groups excluding carboxylic acids is 1. The molecule has 19 heavy (non-hydrogen) atoms. The molecule has 0 saturated carbocycles. The molecule has 0 N–H and O–H groups in total. The van der Waals surface area contributed by atoms with Crippen LogP contribution in [0.3, 0.4) is 0 Å². The molecule has 1 aliphatic heterocycles. The van der Waals surface area contributed by atoms with Gasteiger partial charge in [-0.25, -0.2) is 0 Å². The van der Waals surface area contributed by atoms with Crippen molar-refractivity contribution < 1.29 is 4.79 Å². The van der Waals surface area contributed by atoms with Crippen molar-refractivity contribution in [3.63, 3.8) is 0 Å². The SMILES string of the molecule is Cc1ccc(Br)cc1C(=O)N1CCC(C(C)Cl)CC1. The minimum atomic E-state index is 0.138. The molecule has 1 atom stereocenters. The summed E-state index contributed by atoms with van der Waals surface area (Å²) in [4.78, 5) is 14.5. The fraction of sp³-hybridized carbons (Fsp3) is 0.533. The fourth-order valence-corrected chi connectivity index (χ4v) is 3.17. The Kier molecular flexibility index (Phi) is 4.91. The Morgan fingerprint density at radius 1 is 1.42 bits per heavy atom. The van der Waals surface area contributed by atoms with E-state index in [1.54, 1.807) is 0 Å². The van der Waals surface area contributed by atoms with Crippen molar-refractivity contribution >= 4 is 33.4 Å². The minimum Gasteiger partial charge on any atom is -0.339 e. The molecule has 1 heterocycles. The number of hydrogen-bond donors (Lipinski definition) is 0. The third kappa shape index (κ3) is 3.51. The molecule has 104 valence electrons. The van der Waals surface area contributed by atoms with Crippen LogP contribution in [0.5, 0.6) is 0 Å². The van der Waals surface area contributed by atoms with Gasteiger partial charge in [0.25, 0.3) is 5.91 Å². The van der Waals surface area contributed by atoms with Gasteiger partial charge in [0.15, 0.2) is 0 Å². The fourth-order valence-electron chi connectivity index (χ4n) is 2.56. The van der Waals surface area contributed by atoms with Gasteiger partial charge in [0.1, 0.15) is 0 Å². The van der Waals surface area contributed by atoms with E-state index in [1.165, 1.54) is 0 Å². The first-order valence-corrected chi connectivity index (χ1v) is 7.91. The minimum absolute atomic E-state index is 0.138. The summed E-state index contributed by atoms with van der Waals surface area (Å²) >= 11 is 9.57. The number of alkyl halides is 1. The van der Waals surface area contributed by atoms with Crippen LogP contribution >= 0.6 is 27.5 Å². The van der Waals surface area contributed by atoms with E-state index in [1.807, 2.05) is 36.9 Å². The molecule has 1 aromatic rings. The van der Waals surface area contributed by atoms with Crippen LogP contribution in [-0.2, 0) is 0 Å². The van der Waals surface area contributed by atoms with Crippen LogP contribution in [0.2, 0.25) is 0 Å². The zero-order valence-electron chi connectivity index (χ0n) is 11.3. The largest absolute Gasteiger partial charge is 0.339 e. The van der Waals surface area contributed by atoms with Crippen molar-refractivity contribution in [1.82, 2.24) is 4.90 Å². The summed E-state index contributed by atoms with van der Waals surface area (Å²) in [7, 11) is 0. The maximum Gasteiger partial charge on any atom is 0.254 e. The molecule has 0 radical (unpaired) electrons. The van der Waals surface area contributed by atoms with E-state index in [0.29, 0.717) is 5.92 Å². The number of piperidine rings is 1. The van der Waals surface area contributed by atoms with Crippen LogP contribution < -0.4 is 0 Å². The lowest BCUT2D eigenvalue weighted by Gasteiger charge is -2.33. The molecule has 2 nitrogen and oxygen atoms in total. The van der Waals surface area contributed by atoms with Crippen LogP contribution in [0.15, 0.2) is 22.7 Å². The summed E-state index contributed by atoms with van der Waals surface area (Å²) in [5.74, 6) is 0.675. The first-order chi connectivity index (χ1) is 8.99. The predicted octanol–water partition coefficient (Wildman–Crippen LogP) is 4.24. The van der Waals surface area contributed by atoms with Crippen LogP contribution in [0.4, 0.5) is 0 Å². The van der Waals surface area contributed by atoms with Gasteiger partial charge in [0.2, 0.25) is 0 Å². The lowest BCUT2D eigenvalue weighted by molar-refractivity contribution is 0.0689. The summed E-state index contributed by atoms with van der Waals surface area (Å²) in [6.45, 7) is 5.65. The van der Waals surface area contributed by atoms with E-state index in [0.717, 1.165) is 41.5 Å². The topological polar surface area (TPSA) is 20.3 Å². The maximum absolute atomic E-state index is 12.5. The van der Waals surface area contributed by atoms with Gasteiger partial charge in [0.05, 0.1) is 0 Å². The van der Waals surface area contributed by atoms with Gasteiger partial charge in [-0.2, -0.15) is 0 Å². The van der Waals surface area contributed by atoms with Crippen molar-refractivity contribution in [3.8, 4) is 0 Å². The van der Waals surface area contributed by atoms with Crippen molar-refractivity contribution in [2.45, 2.75) is 32.1 Å². The number of rotatable bonds is 2. The first kappa shape index (κ1) is 14.9. The highest BCUT2D eigenvalue weighted by molar-refractivity contribution is 9.10. The quantitative estimate of drug-likeness (QED) is 0.735. The van der Waals surface area contributed by atoms with Crippen molar-refractivity contribution in [3.05, 3.63) is 33.8 Å². The highest BCUT2D eigenvalue weighted by Gasteiger charge is 2.26. The second kappa shape index (κ2) is 6.27. The second-order valence-corrected chi connectivity index (χ2v) is 6.87. The van der Waals surface area contributed by atoms with E-state index in [4.69, 9.17) is 11.6 Å². The number of hydrogen-bond acceptors (Lipinski definition) is 1. The summed E-state index contributed by atoms with van der Waals surface area (Å²) in [5.41, 5.74) is 1.83. The van der Waals surface area contributed by atoms with Crippen LogP contribution in [0.1, 0.15) is 35.7 Å². The maximum atomic E-state index is 12.5. The molecule has 0 spiro atoms. The van der Waals surface area contributed by atoms with Gasteiger partial charge < -0.3 is 4.90 Å². The van der Waals surface area contributed by atoms with E-state index < -0.39 is 0 Å². The molecular formula is C15H19BrClNO.